The molecule has 1 heterocycles. The third-order valence-corrected chi connectivity index (χ3v) is 3.46. The maximum atomic E-state index is 11.8. The number of nitrogens with one attached hydrogen (secondary N) is 2. The van der Waals surface area contributed by atoms with E-state index in [1.807, 2.05) is 24.3 Å². The second-order valence-electron chi connectivity index (χ2n) is 5.22. The molecule has 0 saturated carbocycles. The number of fused-ring (bicyclic) bond motifs is 1. The number of carboxylic acids is 1. The molecule has 0 aromatic heterocycles. The number of hydrogen-bond donors (Lipinski definition) is 4. The number of aliphatic hydroxyl groups is 1. The highest BCUT2D eigenvalue weighted by Crippen LogP contribution is 2.32. The van der Waals surface area contributed by atoms with Gasteiger partial charge in [0.2, 0.25) is 5.91 Å². The van der Waals surface area contributed by atoms with Crippen molar-refractivity contribution in [3.05, 3.63) is 29.8 Å². The van der Waals surface area contributed by atoms with Crippen molar-refractivity contribution in [3.8, 4) is 0 Å². The number of para-hydroxylation sites is 1. The van der Waals surface area contributed by atoms with Gasteiger partial charge in [0.1, 0.15) is 0 Å². The lowest BCUT2D eigenvalue weighted by molar-refractivity contribution is -0.156. The van der Waals surface area contributed by atoms with Gasteiger partial charge in [0.15, 0.2) is 5.60 Å². The Balaban J connectivity index is 1.89. The summed E-state index contributed by atoms with van der Waals surface area (Å²) < 4.78 is 0. The van der Waals surface area contributed by atoms with Crippen LogP contribution in [0.2, 0.25) is 0 Å². The number of carbonyl (C=O) groups excluding carboxylic acids is 1. The second kappa shape index (κ2) is 5.50. The number of benzene rings is 1. The fourth-order valence-corrected chi connectivity index (χ4v) is 2.18. The van der Waals surface area contributed by atoms with E-state index in [-0.39, 0.29) is 24.8 Å². The van der Waals surface area contributed by atoms with Crippen molar-refractivity contribution in [2.24, 2.45) is 0 Å². The van der Waals surface area contributed by atoms with Crippen LogP contribution >= 0.6 is 0 Å². The minimum absolute atomic E-state index is 0.0703. The van der Waals surface area contributed by atoms with Crippen molar-refractivity contribution in [2.45, 2.75) is 24.9 Å². The SMILES string of the molecule is CC(O)(CNC(=O)CC1CNc2ccccc21)C(=O)O. The molecule has 1 aliphatic heterocycles. The quantitative estimate of drug-likeness (QED) is 0.630. The molecule has 2 atom stereocenters. The Kier molecular flexibility index (Phi) is 3.94. The van der Waals surface area contributed by atoms with Crippen LogP contribution in [0.3, 0.4) is 0 Å². The van der Waals surface area contributed by atoms with Gasteiger partial charge >= 0.3 is 5.97 Å². The molecule has 2 unspecified atom stereocenters. The van der Waals surface area contributed by atoms with E-state index in [4.69, 9.17) is 5.11 Å². The van der Waals surface area contributed by atoms with Crippen LogP contribution in [0.4, 0.5) is 5.69 Å². The minimum atomic E-state index is -1.94. The zero-order valence-electron chi connectivity index (χ0n) is 11.2. The predicted molar refractivity (Wildman–Crippen MR) is 73.6 cm³/mol. The lowest BCUT2D eigenvalue weighted by Crippen LogP contribution is -2.46. The topological polar surface area (TPSA) is 98.7 Å². The van der Waals surface area contributed by atoms with Crippen LogP contribution in [-0.4, -0.2) is 40.8 Å². The van der Waals surface area contributed by atoms with Crippen molar-refractivity contribution in [2.75, 3.05) is 18.4 Å². The fraction of sp³-hybridized carbons (Fsp3) is 0.429. The summed E-state index contributed by atoms with van der Waals surface area (Å²) in [5.41, 5.74) is 0.178. The van der Waals surface area contributed by atoms with Crippen molar-refractivity contribution in [1.29, 1.82) is 0 Å². The first-order valence-electron chi connectivity index (χ1n) is 6.45. The zero-order valence-corrected chi connectivity index (χ0v) is 11.2. The van der Waals surface area contributed by atoms with Gasteiger partial charge in [0.05, 0.1) is 6.54 Å². The van der Waals surface area contributed by atoms with E-state index in [1.165, 1.54) is 0 Å². The number of carbonyl (C=O) groups is 2. The molecule has 0 bridgehead atoms. The summed E-state index contributed by atoms with van der Waals surface area (Å²) in [7, 11) is 0. The summed E-state index contributed by atoms with van der Waals surface area (Å²) in [6, 6.07) is 7.79. The molecule has 6 nitrogen and oxygen atoms in total. The number of anilines is 1. The zero-order chi connectivity index (χ0) is 14.8. The van der Waals surface area contributed by atoms with Crippen LogP contribution in [0.1, 0.15) is 24.8 Å². The Bertz CT molecular complexity index is 528. The molecule has 0 spiro atoms. The van der Waals surface area contributed by atoms with Gasteiger partial charge in [0, 0.05) is 24.6 Å². The average molecular weight is 278 g/mol. The number of aliphatic carboxylic acids is 1. The summed E-state index contributed by atoms with van der Waals surface area (Å²) in [4.78, 5) is 22.6. The molecule has 4 N–H and O–H groups in total. The molecule has 2 rings (SSSR count). The third kappa shape index (κ3) is 3.08. The normalized spacial score (nSPS) is 19.6. The molecule has 6 heteroatoms. The van der Waals surface area contributed by atoms with E-state index in [9.17, 15) is 14.7 Å². The predicted octanol–water partition coefficient (Wildman–Crippen LogP) is 0.538. The Morgan fingerprint density at radius 1 is 1.45 bits per heavy atom. The highest BCUT2D eigenvalue weighted by Gasteiger charge is 2.31. The van der Waals surface area contributed by atoms with Crippen molar-refractivity contribution >= 4 is 17.6 Å². The van der Waals surface area contributed by atoms with Gasteiger partial charge in [-0.25, -0.2) is 4.79 Å². The first-order chi connectivity index (χ1) is 9.40. The molecule has 0 aliphatic carbocycles. The number of hydrogen-bond acceptors (Lipinski definition) is 4. The summed E-state index contributed by atoms with van der Waals surface area (Å²) in [6.45, 7) is 1.53. The number of rotatable bonds is 5. The van der Waals surface area contributed by atoms with E-state index < -0.39 is 11.6 Å². The monoisotopic (exact) mass is 278 g/mol. The summed E-state index contributed by atoms with van der Waals surface area (Å²) in [6.07, 6.45) is 0.264. The molecule has 0 fully saturated rings. The van der Waals surface area contributed by atoms with Crippen LogP contribution < -0.4 is 10.6 Å². The van der Waals surface area contributed by atoms with Gasteiger partial charge in [0.25, 0.3) is 0 Å². The summed E-state index contributed by atoms with van der Waals surface area (Å²) >= 11 is 0. The lowest BCUT2D eigenvalue weighted by atomic mass is 9.97. The standard InChI is InChI=1S/C14H18N2O4/c1-14(20,13(18)19)8-16-12(17)6-9-7-15-11-5-3-2-4-10(9)11/h2-5,9,15,20H,6-8H2,1H3,(H,16,17)(H,18,19). The first-order valence-corrected chi connectivity index (χ1v) is 6.45. The highest BCUT2D eigenvalue weighted by atomic mass is 16.4. The average Bonchev–Trinajstić information content (AvgIpc) is 2.80. The van der Waals surface area contributed by atoms with Gasteiger partial charge in [-0.2, -0.15) is 0 Å². The largest absolute Gasteiger partial charge is 0.479 e. The molecule has 1 aliphatic rings. The molecule has 0 radical (unpaired) electrons. The molecule has 20 heavy (non-hydrogen) atoms. The maximum absolute atomic E-state index is 11.8. The van der Waals surface area contributed by atoms with Crippen LogP contribution in [-0.2, 0) is 9.59 Å². The Morgan fingerprint density at radius 2 is 2.15 bits per heavy atom. The van der Waals surface area contributed by atoms with E-state index >= 15 is 0 Å². The molecule has 1 aromatic carbocycles. The Morgan fingerprint density at radius 3 is 2.85 bits per heavy atom. The maximum Gasteiger partial charge on any atom is 0.337 e. The number of amides is 1. The van der Waals surface area contributed by atoms with Crippen molar-refractivity contribution in [1.82, 2.24) is 5.32 Å². The minimum Gasteiger partial charge on any atom is -0.479 e. The highest BCUT2D eigenvalue weighted by molar-refractivity contribution is 5.81. The van der Waals surface area contributed by atoms with E-state index in [0.29, 0.717) is 6.54 Å². The molecule has 1 aromatic rings. The van der Waals surface area contributed by atoms with Gasteiger partial charge in [-0.3, -0.25) is 4.79 Å². The fourth-order valence-electron chi connectivity index (χ4n) is 2.18. The van der Waals surface area contributed by atoms with Gasteiger partial charge in [-0.05, 0) is 18.6 Å². The van der Waals surface area contributed by atoms with Gasteiger partial charge < -0.3 is 20.8 Å². The number of carboxylic acid groups (broad SMARTS) is 1. The van der Waals surface area contributed by atoms with Crippen LogP contribution in [0, 0.1) is 0 Å². The smallest absolute Gasteiger partial charge is 0.337 e. The van der Waals surface area contributed by atoms with Crippen LogP contribution in [0.25, 0.3) is 0 Å². The third-order valence-electron chi connectivity index (χ3n) is 3.46. The molecule has 0 saturated heterocycles. The molecular formula is C14H18N2O4. The second-order valence-corrected chi connectivity index (χ2v) is 5.22. The molecule has 1 amide bonds. The molecule has 108 valence electrons. The Hall–Kier alpha value is -2.08. The summed E-state index contributed by atoms with van der Waals surface area (Å²) in [5.74, 6) is -1.55. The summed E-state index contributed by atoms with van der Waals surface area (Å²) in [5, 5.41) is 24.0. The van der Waals surface area contributed by atoms with E-state index in [1.54, 1.807) is 0 Å². The van der Waals surface area contributed by atoms with Gasteiger partial charge in [-0.15, -0.1) is 0 Å². The molecular weight excluding hydrogens is 260 g/mol. The lowest BCUT2D eigenvalue weighted by Gasteiger charge is -2.19. The van der Waals surface area contributed by atoms with Gasteiger partial charge in [-0.1, -0.05) is 18.2 Å². The first kappa shape index (κ1) is 14.3. The van der Waals surface area contributed by atoms with Crippen molar-refractivity contribution < 1.29 is 19.8 Å². The van der Waals surface area contributed by atoms with Crippen LogP contribution in [0.5, 0.6) is 0 Å². The van der Waals surface area contributed by atoms with E-state index in [2.05, 4.69) is 10.6 Å². The van der Waals surface area contributed by atoms with Crippen LogP contribution in [0.15, 0.2) is 24.3 Å². The Labute approximate surface area is 116 Å². The van der Waals surface area contributed by atoms with Crippen molar-refractivity contribution in [3.63, 3.8) is 0 Å². The van der Waals surface area contributed by atoms with E-state index in [0.717, 1.165) is 18.2 Å².